The van der Waals surface area contributed by atoms with Gasteiger partial charge in [0.1, 0.15) is 5.82 Å². The van der Waals surface area contributed by atoms with E-state index >= 15 is 0 Å². The molecule has 0 fully saturated rings. The van der Waals surface area contributed by atoms with E-state index in [4.69, 9.17) is 11.6 Å². The van der Waals surface area contributed by atoms with Crippen molar-refractivity contribution < 1.29 is 0 Å². The Balaban J connectivity index is 1.76. The summed E-state index contributed by atoms with van der Waals surface area (Å²) in [6.45, 7) is 2.14. The zero-order chi connectivity index (χ0) is 16.2. The Bertz CT molecular complexity index is 786. The molecule has 0 amide bonds. The van der Waals surface area contributed by atoms with Gasteiger partial charge < -0.3 is 4.57 Å². The Hall–Kier alpha value is -1.78. The molecule has 1 unspecified atom stereocenters. The summed E-state index contributed by atoms with van der Waals surface area (Å²) in [7, 11) is 2.01. The molecule has 0 saturated carbocycles. The molecule has 2 aromatic carbocycles. The van der Waals surface area contributed by atoms with E-state index in [0.717, 1.165) is 28.0 Å². The van der Waals surface area contributed by atoms with Gasteiger partial charge in [-0.15, -0.1) is 10.2 Å². The monoisotopic (exact) mass is 343 g/mol. The predicted octanol–water partition coefficient (Wildman–Crippen LogP) is 4.91. The van der Waals surface area contributed by atoms with Crippen LogP contribution in [0, 0.1) is 0 Å². The lowest BCUT2D eigenvalue weighted by Crippen LogP contribution is -2.01. The lowest BCUT2D eigenvalue weighted by molar-refractivity contribution is 0.746. The van der Waals surface area contributed by atoms with Crippen LogP contribution in [0.1, 0.15) is 29.1 Å². The first-order valence-electron chi connectivity index (χ1n) is 7.48. The Morgan fingerprint density at radius 1 is 1.04 bits per heavy atom. The molecule has 0 aliphatic heterocycles. The highest BCUT2D eigenvalue weighted by Gasteiger charge is 2.16. The number of nitrogens with zero attached hydrogens (tertiary/aromatic N) is 3. The van der Waals surface area contributed by atoms with Crippen molar-refractivity contribution in [3.63, 3.8) is 0 Å². The van der Waals surface area contributed by atoms with Crippen LogP contribution >= 0.6 is 23.4 Å². The Morgan fingerprint density at radius 2 is 1.74 bits per heavy atom. The van der Waals surface area contributed by atoms with Gasteiger partial charge in [-0.3, -0.25) is 0 Å². The minimum atomic E-state index is 0.219. The number of benzene rings is 2. The van der Waals surface area contributed by atoms with Crippen LogP contribution in [0.4, 0.5) is 0 Å². The molecular weight excluding hydrogens is 326 g/mol. The minimum Gasteiger partial charge on any atom is -0.309 e. The van der Waals surface area contributed by atoms with E-state index in [0.29, 0.717) is 0 Å². The summed E-state index contributed by atoms with van der Waals surface area (Å²) in [5, 5.41) is 10.6. The molecular formula is C18H18ClN3S. The van der Waals surface area contributed by atoms with E-state index in [-0.39, 0.29) is 5.25 Å². The minimum absolute atomic E-state index is 0.219. The zero-order valence-corrected chi connectivity index (χ0v) is 14.7. The van der Waals surface area contributed by atoms with Crippen LogP contribution in [-0.4, -0.2) is 14.8 Å². The second kappa shape index (κ2) is 7.20. The normalized spacial score (nSPS) is 12.3. The average molecular weight is 344 g/mol. The van der Waals surface area contributed by atoms with Crippen LogP contribution in [0.25, 0.3) is 0 Å². The molecule has 3 aromatic rings. The van der Waals surface area contributed by atoms with Crippen LogP contribution in [0.15, 0.2) is 59.8 Å². The van der Waals surface area contributed by atoms with Crippen molar-refractivity contribution >= 4 is 23.4 Å². The molecule has 23 heavy (non-hydrogen) atoms. The van der Waals surface area contributed by atoms with Crippen molar-refractivity contribution in [1.29, 1.82) is 0 Å². The van der Waals surface area contributed by atoms with Gasteiger partial charge in [0, 0.05) is 23.7 Å². The predicted molar refractivity (Wildman–Crippen MR) is 96.0 cm³/mol. The molecule has 0 aliphatic carbocycles. The molecule has 0 radical (unpaired) electrons. The molecule has 0 saturated heterocycles. The highest BCUT2D eigenvalue weighted by atomic mass is 35.5. The molecule has 3 nitrogen and oxygen atoms in total. The fourth-order valence-corrected chi connectivity index (χ4v) is 3.77. The summed E-state index contributed by atoms with van der Waals surface area (Å²) < 4.78 is 2.06. The summed E-state index contributed by atoms with van der Waals surface area (Å²) in [6.07, 6.45) is 0.783. The van der Waals surface area contributed by atoms with Gasteiger partial charge in [0.15, 0.2) is 5.16 Å². The van der Waals surface area contributed by atoms with E-state index in [1.807, 2.05) is 43.4 Å². The second-order valence-corrected chi connectivity index (χ2v) is 7.12. The molecule has 5 heteroatoms. The van der Waals surface area contributed by atoms with E-state index < -0.39 is 0 Å². The summed E-state index contributed by atoms with van der Waals surface area (Å²) in [6, 6.07) is 18.3. The first-order valence-corrected chi connectivity index (χ1v) is 8.74. The SMILES string of the molecule is CC(Sc1nnc(Cc2ccccc2)n1C)c1ccccc1Cl. The van der Waals surface area contributed by atoms with Crippen molar-refractivity contribution in [2.45, 2.75) is 23.8 Å². The van der Waals surface area contributed by atoms with E-state index in [9.17, 15) is 0 Å². The van der Waals surface area contributed by atoms with Gasteiger partial charge in [-0.25, -0.2) is 0 Å². The maximum atomic E-state index is 6.28. The van der Waals surface area contributed by atoms with Crippen LogP contribution in [-0.2, 0) is 13.5 Å². The van der Waals surface area contributed by atoms with Gasteiger partial charge in [0.05, 0.1) is 0 Å². The molecule has 3 rings (SSSR count). The van der Waals surface area contributed by atoms with Crippen molar-refractivity contribution in [3.8, 4) is 0 Å². The summed E-state index contributed by atoms with van der Waals surface area (Å²) in [5.41, 5.74) is 2.35. The third kappa shape index (κ3) is 3.77. The topological polar surface area (TPSA) is 30.7 Å². The molecule has 0 bridgehead atoms. The summed E-state index contributed by atoms with van der Waals surface area (Å²) >= 11 is 7.96. The summed E-state index contributed by atoms with van der Waals surface area (Å²) in [4.78, 5) is 0. The quantitative estimate of drug-likeness (QED) is 0.616. The Labute approximate surface area is 145 Å². The third-order valence-electron chi connectivity index (χ3n) is 3.76. The van der Waals surface area contributed by atoms with E-state index in [2.05, 4.69) is 39.9 Å². The molecule has 0 N–H and O–H groups in total. The fraction of sp³-hybridized carbons (Fsp3) is 0.222. The number of hydrogen-bond donors (Lipinski definition) is 0. The molecule has 0 aliphatic rings. The maximum absolute atomic E-state index is 6.28. The van der Waals surface area contributed by atoms with Crippen molar-refractivity contribution in [3.05, 3.63) is 76.6 Å². The number of aromatic nitrogens is 3. The first kappa shape index (κ1) is 16.1. The van der Waals surface area contributed by atoms with E-state index in [1.54, 1.807) is 11.8 Å². The van der Waals surface area contributed by atoms with Crippen molar-refractivity contribution in [2.24, 2.45) is 7.05 Å². The number of hydrogen-bond acceptors (Lipinski definition) is 3. The largest absolute Gasteiger partial charge is 0.309 e. The molecule has 0 spiro atoms. The lowest BCUT2D eigenvalue weighted by atomic mass is 10.1. The van der Waals surface area contributed by atoms with Gasteiger partial charge in [0.25, 0.3) is 0 Å². The number of halogens is 1. The molecule has 1 heterocycles. The number of thioether (sulfide) groups is 1. The molecule has 118 valence electrons. The van der Waals surface area contributed by atoms with Gasteiger partial charge in [-0.2, -0.15) is 0 Å². The van der Waals surface area contributed by atoms with Crippen LogP contribution in [0.5, 0.6) is 0 Å². The maximum Gasteiger partial charge on any atom is 0.191 e. The third-order valence-corrected chi connectivity index (χ3v) is 5.27. The highest BCUT2D eigenvalue weighted by Crippen LogP contribution is 2.36. The van der Waals surface area contributed by atoms with Gasteiger partial charge in [0.2, 0.25) is 0 Å². The van der Waals surface area contributed by atoms with Crippen molar-refractivity contribution in [2.75, 3.05) is 0 Å². The van der Waals surface area contributed by atoms with Gasteiger partial charge >= 0.3 is 0 Å². The Kier molecular flexibility index (Phi) is 5.03. The van der Waals surface area contributed by atoms with Crippen LogP contribution in [0.3, 0.4) is 0 Å². The highest BCUT2D eigenvalue weighted by molar-refractivity contribution is 7.99. The lowest BCUT2D eigenvalue weighted by Gasteiger charge is -2.12. The molecule has 1 aromatic heterocycles. The van der Waals surface area contributed by atoms with E-state index in [1.165, 1.54) is 5.56 Å². The number of rotatable bonds is 5. The van der Waals surface area contributed by atoms with Gasteiger partial charge in [-0.1, -0.05) is 71.9 Å². The second-order valence-electron chi connectivity index (χ2n) is 5.40. The fourth-order valence-electron chi connectivity index (χ4n) is 2.41. The zero-order valence-electron chi connectivity index (χ0n) is 13.1. The van der Waals surface area contributed by atoms with Crippen LogP contribution < -0.4 is 0 Å². The molecule has 1 atom stereocenters. The Morgan fingerprint density at radius 3 is 2.48 bits per heavy atom. The summed E-state index contributed by atoms with van der Waals surface area (Å²) in [5.74, 6) is 0.963. The van der Waals surface area contributed by atoms with Crippen molar-refractivity contribution in [1.82, 2.24) is 14.8 Å². The average Bonchev–Trinajstić information content (AvgIpc) is 2.89. The van der Waals surface area contributed by atoms with Crippen LogP contribution in [0.2, 0.25) is 5.02 Å². The smallest absolute Gasteiger partial charge is 0.191 e. The first-order chi connectivity index (χ1) is 11.1. The standard InChI is InChI=1S/C18H18ClN3S/c1-13(15-10-6-7-11-16(15)19)23-18-21-20-17(22(18)2)12-14-8-4-3-5-9-14/h3-11,13H,12H2,1-2H3. The van der Waals surface area contributed by atoms with Gasteiger partial charge in [-0.05, 0) is 24.1 Å².